The van der Waals surface area contributed by atoms with Gasteiger partial charge in [0.05, 0.1) is 0 Å². The molecular formula is C17H17F2NO. The second kappa shape index (κ2) is 7.09. The van der Waals surface area contributed by atoms with Gasteiger partial charge in [0.2, 0.25) is 0 Å². The Morgan fingerprint density at radius 3 is 2.48 bits per heavy atom. The van der Waals surface area contributed by atoms with Crippen LogP contribution >= 0.6 is 0 Å². The predicted octanol–water partition coefficient (Wildman–Crippen LogP) is 3.56. The van der Waals surface area contributed by atoms with E-state index in [4.69, 9.17) is 5.73 Å². The fourth-order valence-corrected chi connectivity index (χ4v) is 2.17. The van der Waals surface area contributed by atoms with Gasteiger partial charge in [-0.05, 0) is 23.6 Å². The molecule has 1 unspecified atom stereocenters. The summed E-state index contributed by atoms with van der Waals surface area (Å²) < 4.78 is 26.5. The van der Waals surface area contributed by atoms with Crippen LogP contribution in [-0.2, 0) is 11.2 Å². The minimum Gasteiger partial charge on any atom is -0.324 e. The van der Waals surface area contributed by atoms with Crippen molar-refractivity contribution in [2.75, 3.05) is 0 Å². The molecule has 1 atom stereocenters. The van der Waals surface area contributed by atoms with Crippen LogP contribution in [0, 0.1) is 11.6 Å². The van der Waals surface area contributed by atoms with Crippen LogP contribution in [0.5, 0.6) is 0 Å². The second-order valence-electron chi connectivity index (χ2n) is 4.98. The van der Waals surface area contributed by atoms with Gasteiger partial charge in [0.15, 0.2) is 11.6 Å². The molecule has 2 aromatic carbocycles. The molecule has 2 nitrogen and oxygen atoms in total. The molecule has 0 bridgehead atoms. The molecule has 2 rings (SSSR count). The second-order valence-corrected chi connectivity index (χ2v) is 4.98. The maximum Gasteiger partial charge on any atom is 0.162 e. The Bertz CT molecular complexity index is 613. The summed E-state index contributed by atoms with van der Waals surface area (Å²) in [7, 11) is 0. The van der Waals surface area contributed by atoms with Gasteiger partial charge in [-0.15, -0.1) is 0 Å². The Kier molecular flexibility index (Phi) is 5.17. The topological polar surface area (TPSA) is 43.1 Å². The van der Waals surface area contributed by atoms with Gasteiger partial charge in [-0.3, -0.25) is 4.79 Å². The highest BCUT2D eigenvalue weighted by molar-refractivity contribution is 5.80. The first-order valence-electron chi connectivity index (χ1n) is 6.83. The molecule has 0 radical (unpaired) electrons. The molecule has 0 spiro atoms. The van der Waals surface area contributed by atoms with Crippen LogP contribution in [0.2, 0.25) is 0 Å². The van der Waals surface area contributed by atoms with Crippen molar-refractivity contribution in [2.24, 2.45) is 5.73 Å². The monoisotopic (exact) mass is 289 g/mol. The van der Waals surface area contributed by atoms with E-state index >= 15 is 0 Å². The predicted molar refractivity (Wildman–Crippen MR) is 77.7 cm³/mol. The maximum absolute atomic E-state index is 13.5. The Labute approximate surface area is 122 Å². The number of halogens is 2. The van der Waals surface area contributed by atoms with Crippen molar-refractivity contribution in [2.45, 2.75) is 25.3 Å². The number of hydrogen-bond acceptors (Lipinski definition) is 2. The largest absolute Gasteiger partial charge is 0.324 e. The van der Waals surface area contributed by atoms with Crippen molar-refractivity contribution in [3.63, 3.8) is 0 Å². The highest BCUT2D eigenvalue weighted by Gasteiger charge is 2.13. The van der Waals surface area contributed by atoms with Gasteiger partial charge in [0, 0.05) is 18.9 Å². The molecule has 0 aliphatic rings. The van der Waals surface area contributed by atoms with E-state index in [2.05, 4.69) is 0 Å². The zero-order valence-corrected chi connectivity index (χ0v) is 11.6. The van der Waals surface area contributed by atoms with Crippen LogP contribution in [0.4, 0.5) is 8.78 Å². The van der Waals surface area contributed by atoms with Gasteiger partial charge < -0.3 is 5.73 Å². The van der Waals surface area contributed by atoms with E-state index in [1.54, 1.807) is 0 Å². The van der Waals surface area contributed by atoms with Crippen molar-refractivity contribution in [3.8, 4) is 0 Å². The highest BCUT2D eigenvalue weighted by atomic mass is 19.2. The SMILES string of the molecule is NC(CCC(=O)Cc1cccc(F)c1F)c1ccccc1. The van der Waals surface area contributed by atoms with Gasteiger partial charge in [0.25, 0.3) is 0 Å². The molecule has 0 amide bonds. The summed E-state index contributed by atoms with van der Waals surface area (Å²) >= 11 is 0. The summed E-state index contributed by atoms with van der Waals surface area (Å²) in [5, 5.41) is 0. The molecule has 0 aromatic heterocycles. The van der Waals surface area contributed by atoms with E-state index in [1.807, 2.05) is 30.3 Å². The third-order valence-electron chi connectivity index (χ3n) is 3.38. The fourth-order valence-electron chi connectivity index (χ4n) is 2.17. The number of carbonyl (C=O) groups excluding carboxylic acids is 1. The zero-order chi connectivity index (χ0) is 15.2. The number of hydrogen-bond donors (Lipinski definition) is 1. The Hall–Kier alpha value is -2.07. The van der Waals surface area contributed by atoms with Crippen LogP contribution in [0.25, 0.3) is 0 Å². The molecule has 0 aliphatic carbocycles. The third kappa shape index (κ3) is 4.20. The average molecular weight is 289 g/mol. The summed E-state index contributed by atoms with van der Waals surface area (Å²) in [6, 6.07) is 13.1. The van der Waals surface area contributed by atoms with E-state index in [1.165, 1.54) is 12.1 Å². The summed E-state index contributed by atoms with van der Waals surface area (Å²) in [6.07, 6.45) is 0.622. The number of Topliss-reactive ketones (excluding diaryl/α,β-unsaturated/α-hetero) is 1. The van der Waals surface area contributed by atoms with Gasteiger partial charge in [0.1, 0.15) is 5.78 Å². The molecule has 110 valence electrons. The first-order valence-corrected chi connectivity index (χ1v) is 6.83. The maximum atomic E-state index is 13.5. The molecule has 0 aliphatic heterocycles. The molecule has 21 heavy (non-hydrogen) atoms. The lowest BCUT2D eigenvalue weighted by atomic mass is 9.99. The van der Waals surface area contributed by atoms with Gasteiger partial charge in [-0.2, -0.15) is 0 Å². The van der Waals surface area contributed by atoms with Gasteiger partial charge in [-0.25, -0.2) is 8.78 Å². The van der Waals surface area contributed by atoms with Crippen LogP contribution < -0.4 is 5.73 Å². The van der Waals surface area contributed by atoms with Crippen molar-refractivity contribution in [3.05, 3.63) is 71.3 Å². The van der Waals surface area contributed by atoms with Gasteiger partial charge >= 0.3 is 0 Å². The molecule has 2 aromatic rings. The molecule has 0 heterocycles. The van der Waals surface area contributed by atoms with Crippen LogP contribution in [0.1, 0.15) is 30.0 Å². The average Bonchev–Trinajstić information content (AvgIpc) is 2.50. The summed E-state index contributed by atoms with van der Waals surface area (Å²) in [5.74, 6) is -2.02. The number of carbonyl (C=O) groups is 1. The standard InChI is InChI=1S/C17H17F2NO/c18-15-8-4-7-13(17(15)19)11-14(21)9-10-16(20)12-5-2-1-3-6-12/h1-8,16H,9-11,20H2. The summed E-state index contributed by atoms with van der Waals surface area (Å²) in [5.41, 5.74) is 7.06. The van der Waals surface area contributed by atoms with E-state index in [0.29, 0.717) is 6.42 Å². The van der Waals surface area contributed by atoms with E-state index < -0.39 is 11.6 Å². The van der Waals surface area contributed by atoms with E-state index in [0.717, 1.165) is 11.6 Å². The molecule has 2 N–H and O–H groups in total. The molecule has 0 fully saturated rings. The highest BCUT2D eigenvalue weighted by Crippen LogP contribution is 2.17. The number of rotatable bonds is 6. The lowest BCUT2D eigenvalue weighted by Gasteiger charge is -2.11. The Balaban J connectivity index is 1.89. The van der Waals surface area contributed by atoms with Crippen molar-refractivity contribution in [1.29, 1.82) is 0 Å². The quantitative estimate of drug-likeness (QED) is 0.883. The molecular weight excluding hydrogens is 272 g/mol. The third-order valence-corrected chi connectivity index (χ3v) is 3.38. The zero-order valence-electron chi connectivity index (χ0n) is 11.6. The normalized spacial score (nSPS) is 12.1. The Morgan fingerprint density at radius 1 is 1.05 bits per heavy atom. The van der Waals surface area contributed by atoms with Crippen LogP contribution in [0.15, 0.2) is 48.5 Å². The van der Waals surface area contributed by atoms with E-state index in [-0.39, 0.29) is 30.2 Å². The minimum absolute atomic E-state index is 0.0910. The first kappa shape index (κ1) is 15.3. The van der Waals surface area contributed by atoms with Crippen LogP contribution in [0.3, 0.4) is 0 Å². The summed E-state index contributed by atoms with van der Waals surface area (Å²) in [6.45, 7) is 0. The van der Waals surface area contributed by atoms with Crippen molar-refractivity contribution < 1.29 is 13.6 Å². The molecule has 0 saturated carbocycles. The first-order chi connectivity index (χ1) is 10.1. The van der Waals surface area contributed by atoms with Crippen molar-refractivity contribution >= 4 is 5.78 Å². The summed E-state index contributed by atoms with van der Waals surface area (Å²) in [4.78, 5) is 11.9. The minimum atomic E-state index is -0.946. The van der Waals surface area contributed by atoms with Crippen LogP contribution in [-0.4, -0.2) is 5.78 Å². The lowest BCUT2D eigenvalue weighted by molar-refractivity contribution is -0.118. The smallest absolute Gasteiger partial charge is 0.162 e. The van der Waals surface area contributed by atoms with E-state index in [9.17, 15) is 13.6 Å². The lowest BCUT2D eigenvalue weighted by Crippen LogP contribution is -2.13. The Morgan fingerprint density at radius 2 is 1.76 bits per heavy atom. The number of ketones is 1. The molecule has 0 saturated heterocycles. The van der Waals surface area contributed by atoms with Gasteiger partial charge in [-0.1, -0.05) is 42.5 Å². The van der Waals surface area contributed by atoms with Crippen molar-refractivity contribution in [1.82, 2.24) is 0 Å². The number of benzene rings is 2. The number of nitrogens with two attached hydrogens (primary N) is 1. The molecule has 4 heteroatoms. The fraction of sp³-hybridized carbons (Fsp3) is 0.235.